The average Bonchev–Trinajstić information content (AvgIpc) is 2.94. The van der Waals surface area contributed by atoms with Gasteiger partial charge in [0.05, 0.1) is 16.6 Å². The number of benzene rings is 1. The second kappa shape index (κ2) is 5.00. The highest BCUT2D eigenvalue weighted by Crippen LogP contribution is 2.24. The van der Waals surface area contributed by atoms with Gasteiger partial charge in [0, 0.05) is 24.4 Å². The molecule has 0 aliphatic heterocycles. The van der Waals surface area contributed by atoms with Gasteiger partial charge in [0.25, 0.3) is 5.69 Å². The van der Waals surface area contributed by atoms with E-state index in [2.05, 4.69) is 10.3 Å². The zero-order valence-electron chi connectivity index (χ0n) is 10.4. The van der Waals surface area contributed by atoms with Gasteiger partial charge in [0.2, 0.25) is 0 Å². The molecular formula is C14H11N3O3. The van der Waals surface area contributed by atoms with E-state index in [1.54, 1.807) is 36.7 Å². The summed E-state index contributed by atoms with van der Waals surface area (Å²) >= 11 is 0. The molecule has 0 atom stereocenters. The largest absolute Gasteiger partial charge is 0.464 e. The lowest BCUT2D eigenvalue weighted by molar-refractivity contribution is -0.385. The molecule has 3 rings (SSSR count). The number of anilines is 1. The maximum Gasteiger partial charge on any atom is 0.274 e. The third-order valence-electron chi connectivity index (χ3n) is 3.01. The van der Waals surface area contributed by atoms with Crippen LogP contribution in [0.25, 0.3) is 11.0 Å². The summed E-state index contributed by atoms with van der Waals surface area (Å²) in [6, 6.07) is 10.2. The SMILES string of the molecule is O=[N+]([O-])c1ccccc1CNc1nccc2occc12. The lowest BCUT2D eigenvalue weighted by atomic mass is 10.2. The summed E-state index contributed by atoms with van der Waals surface area (Å²) in [5.41, 5.74) is 1.43. The molecule has 0 fully saturated rings. The van der Waals surface area contributed by atoms with Crippen molar-refractivity contribution in [3.63, 3.8) is 0 Å². The Hall–Kier alpha value is -2.89. The Bertz CT molecular complexity index is 767. The fourth-order valence-corrected chi connectivity index (χ4v) is 2.05. The number of nitro benzene ring substituents is 1. The van der Waals surface area contributed by atoms with Crippen molar-refractivity contribution in [1.82, 2.24) is 4.98 Å². The first kappa shape index (κ1) is 12.2. The fourth-order valence-electron chi connectivity index (χ4n) is 2.05. The molecule has 3 aromatic rings. The normalized spacial score (nSPS) is 10.6. The molecule has 1 aromatic carbocycles. The molecular weight excluding hydrogens is 258 g/mol. The van der Waals surface area contributed by atoms with Crippen LogP contribution in [-0.4, -0.2) is 9.91 Å². The van der Waals surface area contributed by atoms with Gasteiger partial charge < -0.3 is 9.73 Å². The van der Waals surface area contributed by atoms with Gasteiger partial charge in [-0.05, 0) is 12.1 Å². The van der Waals surface area contributed by atoms with Crippen LogP contribution in [0.4, 0.5) is 11.5 Å². The number of hydrogen-bond donors (Lipinski definition) is 1. The summed E-state index contributed by atoms with van der Waals surface area (Å²) in [5.74, 6) is 0.648. The first-order valence-electron chi connectivity index (χ1n) is 6.04. The standard InChI is InChI=1S/C14H11N3O3/c18-17(19)12-4-2-1-3-10(12)9-16-14-11-6-8-20-13(11)5-7-15-14/h1-8H,9H2,(H,15,16). The molecule has 0 radical (unpaired) electrons. The van der Waals surface area contributed by atoms with Gasteiger partial charge in [-0.25, -0.2) is 4.98 Å². The van der Waals surface area contributed by atoms with Gasteiger partial charge in [0.1, 0.15) is 11.4 Å². The van der Waals surface area contributed by atoms with Crippen molar-refractivity contribution in [3.8, 4) is 0 Å². The topological polar surface area (TPSA) is 81.2 Å². The molecule has 2 aromatic heterocycles. The molecule has 0 amide bonds. The maximum absolute atomic E-state index is 11.0. The van der Waals surface area contributed by atoms with Crippen LogP contribution < -0.4 is 5.32 Å². The molecule has 0 aliphatic carbocycles. The monoisotopic (exact) mass is 269 g/mol. The Morgan fingerprint density at radius 3 is 2.95 bits per heavy atom. The molecule has 2 heterocycles. The Morgan fingerprint density at radius 1 is 1.25 bits per heavy atom. The van der Waals surface area contributed by atoms with Crippen LogP contribution in [0.2, 0.25) is 0 Å². The van der Waals surface area contributed by atoms with E-state index in [0.29, 0.717) is 17.9 Å². The Balaban J connectivity index is 1.87. The number of rotatable bonds is 4. The van der Waals surface area contributed by atoms with Crippen LogP contribution in [0.5, 0.6) is 0 Å². The van der Waals surface area contributed by atoms with Gasteiger partial charge in [-0.3, -0.25) is 10.1 Å². The number of para-hydroxylation sites is 1. The van der Waals surface area contributed by atoms with E-state index in [1.165, 1.54) is 6.07 Å². The predicted molar refractivity (Wildman–Crippen MR) is 74.4 cm³/mol. The predicted octanol–water partition coefficient (Wildman–Crippen LogP) is 3.35. The molecule has 0 bridgehead atoms. The summed E-state index contributed by atoms with van der Waals surface area (Å²) in [6.45, 7) is 0.328. The van der Waals surface area contributed by atoms with Crippen LogP contribution in [0.1, 0.15) is 5.56 Å². The number of pyridine rings is 1. The molecule has 0 saturated heterocycles. The molecule has 0 unspecified atom stereocenters. The molecule has 0 spiro atoms. The summed E-state index contributed by atoms with van der Waals surface area (Å²) < 4.78 is 5.28. The fraction of sp³-hybridized carbons (Fsp3) is 0.0714. The van der Waals surface area contributed by atoms with E-state index in [9.17, 15) is 10.1 Å². The molecule has 0 aliphatic rings. The minimum Gasteiger partial charge on any atom is -0.464 e. The average molecular weight is 269 g/mol. The zero-order valence-corrected chi connectivity index (χ0v) is 10.4. The first-order valence-corrected chi connectivity index (χ1v) is 6.04. The zero-order chi connectivity index (χ0) is 13.9. The van der Waals surface area contributed by atoms with E-state index in [-0.39, 0.29) is 10.6 Å². The van der Waals surface area contributed by atoms with Crippen molar-refractivity contribution in [2.75, 3.05) is 5.32 Å². The smallest absolute Gasteiger partial charge is 0.274 e. The molecule has 6 heteroatoms. The highest BCUT2D eigenvalue weighted by molar-refractivity contribution is 5.87. The highest BCUT2D eigenvalue weighted by Gasteiger charge is 2.12. The van der Waals surface area contributed by atoms with Crippen LogP contribution in [0.3, 0.4) is 0 Å². The van der Waals surface area contributed by atoms with Crippen LogP contribution in [-0.2, 0) is 6.54 Å². The summed E-state index contributed by atoms with van der Waals surface area (Å²) in [5, 5.41) is 14.9. The number of hydrogen-bond acceptors (Lipinski definition) is 5. The number of nitrogens with zero attached hydrogens (tertiary/aromatic N) is 2. The molecule has 0 saturated carbocycles. The summed E-state index contributed by atoms with van der Waals surface area (Å²) in [6.07, 6.45) is 3.22. The lowest BCUT2D eigenvalue weighted by Crippen LogP contribution is -2.04. The number of fused-ring (bicyclic) bond motifs is 1. The number of nitrogens with one attached hydrogen (secondary N) is 1. The Labute approximate surface area is 114 Å². The maximum atomic E-state index is 11.0. The van der Waals surface area contributed by atoms with Crippen LogP contribution >= 0.6 is 0 Å². The first-order chi connectivity index (χ1) is 9.75. The molecule has 6 nitrogen and oxygen atoms in total. The second-order valence-corrected chi connectivity index (χ2v) is 4.23. The van der Waals surface area contributed by atoms with Gasteiger partial charge in [-0.2, -0.15) is 0 Å². The van der Waals surface area contributed by atoms with Crippen molar-refractivity contribution in [2.45, 2.75) is 6.54 Å². The van der Waals surface area contributed by atoms with Crippen molar-refractivity contribution >= 4 is 22.5 Å². The molecule has 100 valence electrons. The Kier molecular flexibility index (Phi) is 3.04. The van der Waals surface area contributed by atoms with Gasteiger partial charge >= 0.3 is 0 Å². The quantitative estimate of drug-likeness (QED) is 0.580. The molecule has 1 N–H and O–H groups in total. The summed E-state index contributed by atoms with van der Waals surface area (Å²) in [7, 11) is 0. The van der Waals surface area contributed by atoms with Gasteiger partial charge in [-0.1, -0.05) is 18.2 Å². The van der Waals surface area contributed by atoms with E-state index in [1.807, 2.05) is 6.07 Å². The second-order valence-electron chi connectivity index (χ2n) is 4.23. The number of furan rings is 1. The van der Waals surface area contributed by atoms with E-state index >= 15 is 0 Å². The minimum atomic E-state index is -0.386. The highest BCUT2D eigenvalue weighted by atomic mass is 16.6. The van der Waals surface area contributed by atoms with Gasteiger partial charge in [-0.15, -0.1) is 0 Å². The lowest BCUT2D eigenvalue weighted by Gasteiger charge is -2.06. The van der Waals surface area contributed by atoms with Crippen molar-refractivity contribution in [3.05, 3.63) is 64.5 Å². The van der Waals surface area contributed by atoms with Gasteiger partial charge in [0.15, 0.2) is 0 Å². The van der Waals surface area contributed by atoms with Crippen molar-refractivity contribution < 1.29 is 9.34 Å². The third-order valence-corrected chi connectivity index (χ3v) is 3.01. The Morgan fingerprint density at radius 2 is 2.10 bits per heavy atom. The number of aromatic nitrogens is 1. The third kappa shape index (κ3) is 2.18. The van der Waals surface area contributed by atoms with Crippen molar-refractivity contribution in [2.24, 2.45) is 0 Å². The molecule has 20 heavy (non-hydrogen) atoms. The van der Waals surface area contributed by atoms with E-state index in [0.717, 1.165) is 11.0 Å². The van der Waals surface area contributed by atoms with E-state index in [4.69, 9.17) is 4.42 Å². The van der Waals surface area contributed by atoms with E-state index < -0.39 is 0 Å². The number of nitro groups is 1. The minimum absolute atomic E-state index is 0.0966. The van der Waals surface area contributed by atoms with Crippen LogP contribution in [0.15, 0.2) is 53.3 Å². The summed E-state index contributed by atoms with van der Waals surface area (Å²) in [4.78, 5) is 14.8. The van der Waals surface area contributed by atoms with Crippen LogP contribution in [0, 0.1) is 10.1 Å². The van der Waals surface area contributed by atoms with Crippen molar-refractivity contribution in [1.29, 1.82) is 0 Å².